The molecule has 3 rings (SSSR count). The number of fused-ring (bicyclic) bond motifs is 1. The van der Waals surface area contributed by atoms with Crippen molar-refractivity contribution in [2.45, 2.75) is 13.0 Å². The van der Waals surface area contributed by atoms with Crippen LogP contribution in [0.2, 0.25) is 0 Å². The Hall–Kier alpha value is -2.46. The van der Waals surface area contributed by atoms with Gasteiger partial charge in [-0.1, -0.05) is 6.07 Å². The molecular weight excluding hydrogens is 252 g/mol. The fraction of sp³-hybridized carbons (Fsp3) is 0.125. The van der Waals surface area contributed by atoms with E-state index in [0.717, 1.165) is 16.5 Å². The van der Waals surface area contributed by atoms with Gasteiger partial charge in [-0.05, 0) is 36.8 Å². The first-order valence-electron chi connectivity index (χ1n) is 6.39. The van der Waals surface area contributed by atoms with Gasteiger partial charge in [0.2, 0.25) is 5.88 Å². The zero-order valence-corrected chi connectivity index (χ0v) is 11.0. The summed E-state index contributed by atoms with van der Waals surface area (Å²) in [4.78, 5) is 8.43. The number of nitrogens with zero attached hydrogens (tertiary/aromatic N) is 2. The Balaban J connectivity index is 1.90. The highest BCUT2D eigenvalue weighted by Crippen LogP contribution is 2.25. The third-order valence-electron chi connectivity index (χ3n) is 3.04. The molecule has 0 amide bonds. The zero-order chi connectivity index (χ0) is 13.9. The van der Waals surface area contributed by atoms with Gasteiger partial charge >= 0.3 is 0 Å². The van der Waals surface area contributed by atoms with Crippen LogP contribution in [0.5, 0.6) is 11.6 Å². The second kappa shape index (κ2) is 5.27. The van der Waals surface area contributed by atoms with E-state index in [-0.39, 0.29) is 0 Å². The van der Waals surface area contributed by atoms with E-state index in [0.29, 0.717) is 11.6 Å². The highest BCUT2D eigenvalue weighted by atomic mass is 16.5. The average molecular weight is 266 g/mol. The molecule has 0 aliphatic rings. The molecule has 0 fully saturated rings. The fourth-order valence-electron chi connectivity index (χ4n) is 1.97. The highest BCUT2D eigenvalue weighted by Gasteiger charge is 2.05. The summed E-state index contributed by atoms with van der Waals surface area (Å²) < 4.78 is 5.72. The Morgan fingerprint density at radius 3 is 2.80 bits per heavy atom. The second-order valence-electron chi connectivity index (χ2n) is 4.56. The molecule has 0 saturated carbocycles. The van der Waals surface area contributed by atoms with Crippen molar-refractivity contribution in [1.82, 2.24) is 9.97 Å². The van der Waals surface area contributed by atoms with Gasteiger partial charge in [-0.2, -0.15) is 0 Å². The summed E-state index contributed by atoms with van der Waals surface area (Å²) in [5, 5.41) is 10.6. The number of pyridine rings is 2. The van der Waals surface area contributed by atoms with Gasteiger partial charge in [0.25, 0.3) is 0 Å². The van der Waals surface area contributed by atoms with Crippen LogP contribution in [-0.2, 0) is 0 Å². The van der Waals surface area contributed by atoms with E-state index in [1.165, 1.54) is 0 Å². The lowest BCUT2D eigenvalue weighted by Crippen LogP contribution is -1.94. The van der Waals surface area contributed by atoms with Crippen molar-refractivity contribution >= 4 is 10.9 Å². The Labute approximate surface area is 116 Å². The van der Waals surface area contributed by atoms with E-state index in [4.69, 9.17) is 4.74 Å². The molecule has 4 heteroatoms. The summed E-state index contributed by atoms with van der Waals surface area (Å²) >= 11 is 0. The van der Waals surface area contributed by atoms with Crippen molar-refractivity contribution in [1.29, 1.82) is 0 Å². The zero-order valence-electron chi connectivity index (χ0n) is 11.0. The van der Waals surface area contributed by atoms with E-state index in [9.17, 15) is 5.11 Å². The fourth-order valence-corrected chi connectivity index (χ4v) is 1.97. The van der Waals surface area contributed by atoms with Crippen molar-refractivity contribution in [3.63, 3.8) is 0 Å². The molecule has 1 unspecified atom stereocenters. The Morgan fingerprint density at radius 2 is 1.95 bits per heavy atom. The first-order chi connectivity index (χ1) is 9.72. The Bertz CT molecular complexity index is 741. The van der Waals surface area contributed by atoms with E-state index in [1.54, 1.807) is 31.5 Å². The summed E-state index contributed by atoms with van der Waals surface area (Å²) in [5.74, 6) is 1.13. The van der Waals surface area contributed by atoms with Gasteiger partial charge in [-0.15, -0.1) is 0 Å². The molecule has 100 valence electrons. The number of hydrogen-bond donors (Lipinski definition) is 1. The average Bonchev–Trinajstić information content (AvgIpc) is 2.47. The molecule has 0 spiro atoms. The summed E-state index contributed by atoms with van der Waals surface area (Å²) in [6.07, 6.45) is 2.83. The van der Waals surface area contributed by atoms with Gasteiger partial charge in [-0.25, -0.2) is 4.98 Å². The van der Waals surface area contributed by atoms with E-state index < -0.39 is 6.10 Å². The van der Waals surface area contributed by atoms with Crippen LogP contribution in [0, 0.1) is 0 Å². The molecule has 20 heavy (non-hydrogen) atoms. The van der Waals surface area contributed by atoms with Crippen LogP contribution in [0.15, 0.2) is 54.9 Å². The Morgan fingerprint density at radius 1 is 1.05 bits per heavy atom. The molecule has 0 saturated heterocycles. The van der Waals surface area contributed by atoms with Crippen molar-refractivity contribution in [2.75, 3.05) is 0 Å². The van der Waals surface area contributed by atoms with Gasteiger partial charge in [0.05, 0.1) is 11.6 Å². The monoisotopic (exact) mass is 266 g/mol. The molecule has 3 aromatic rings. The van der Waals surface area contributed by atoms with Crippen molar-refractivity contribution in [2.24, 2.45) is 0 Å². The van der Waals surface area contributed by atoms with Crippen LogP contribution >= 0.6 is 0 Å². The lowest BCUT2D eigenvalue weighted by atomic mass is 10.2. The molecule has 0 radical (unpaired) electrons. The van der Waals surface area contributed by atoms with Gasteiger partial charge in [0, 0.05) is 29.9 Å². The van der Waals surface area contributed by atoms with Crippen LogP contribution in [0.4, 0.5) is 0 Å². The largest absolute Gasteiger partial charge is 0.439 e. The normalized spacial score (nSPS) is 12.3. The maximum Gasteiger partial charge on any atom is 0.219 e. The number of aliphatic hydroxyl groups is 1. The lowest BCUT2D eigenvalue weighted by molar-refractivity contribution is 0.198. The predicted molar refractivity (Wildman–Crippen MR) is 76.7 cm³/mol. The topological polar surface area (TPSA) is 55.2 Å². The predicted octanol–water partition coefficient (Wildman–Crippen LogP) is 3.48. The van der Waals surface area contributed by atoms with Crippen LogP contribution in [0.25, 0.3) is 10.9 Å². The first-order valence-corrected chi connectivity index (χ1v) is 6.39. The standard InChI is InChI=1S/C16H14N2O2/c1-11(19)13-6-8-18-16(9-13)20-14-5-4-12-3-2-7-17-15(12)10-14/h2-11,19H,1H3. The first kappa shape index (κ1) is 12.6. The molecule has 2 heterocycles. The van der Waals surface area contributed by atoms with Crippen molar-refractivity contribution < 1.29 is 9.84 Å². The third-order valence-corrected chi connectivity index (χ3v) is 3.04. The van der Waals surface area contributed by atoms with E-state index in [2.05, 4.69) is 9.97 Å². The molecule has 1 N–H and O–H groups in total. The van der Waals surface area contributed by atoms with Crippen LogP contribution in [0.3, 0.4) is 0 Å². The minimum absolute atomic E-state index is 0.457. The quantitative estimate of drug-likeness (QED) is 0.788. The maximum atomic E-state index is 9.56. The van der Waals surface area contributed by atoms with Crippen molar-refractivity contribution in [3.8, 4) is 11.6 Å². The van der Waals surface area contributed by atoms with Gasteiger partial charge < -0.3 is 9.84 Å². The van der Waals surface area contributed by atoms with Crippen molar-refractivity contribution in [3.05, 3.63) is 60.4 Å². The van der Waals surface area contributed by atoms with Crippen LogP contribution in [-0.4, -0.2) is 15.1 Å². The smallest absolute Gasteiger partial charge is 0.219 e. The summed E-state index contributed by atoms with van der Waals surface area (Å²) in [6, 6.07) is 13.1. The number of hydrogen-bond acceptors (Lipinski definition) is 4. The number of benzene rings is 1. The molecule has 0 aliphatic heterocycles. The molecule has 0 aliphatic carbocycles. The molecule has 1 aromatic carbocycles. The summed E-state index contributed by atoms with van der Waals surface area (Å²) in [7, 11) is 0. The van der Waals surface area contributed by atoms with Gasteiger partial charge in [-0.3, -0.25) is 4.98 Å². The molecular formula is C16H14N2O2. The van der Waals surface area contributed by atoms with Crippen LogP contribution in [0.1, 0.15) is 18.6 Å². The van der Waals surface area contributed by atoms with Gasteiger partial charge in [0.15, 0.2) is 0 Å². The molecule has 4 nitrogen and oxygen atoms in total. The number of rotatable bonds is 3. The second-order valence-corrected chi connectivity index (χ2v) is 4.56. The minimum Gasteiger partial charge on any atom is -0.439 e. The molecule has 0 bridgehead atoms. The molecule has 2 aromatic heterocycles. The third kappa shape index (κ3) is 2.60. The Kier molecular flexibility index (Phi) is 3.31. The maximum absolute atomic E-state index is 9.56. The number of aliphatic hydroxyl groups excluding tert-OH is 1. The summed E-state index contributed by atoms with van der Waals surface area (Å²) in [6.45, 7) is 1.71. The van der Waals surface area contributed by atoms with Crippen LogP contribution < -0.4 is 4.74 Å². The van der Waals surface area contributed by atoms with E-state index >= 15 is 0 Å². The lowest BCUT2D eigenvalue weighted by Gasteiger charge is -2.08. The highest BCUT2D eigenvalue weighted by molar-refractivity contribution is 5.79. The number of ether oxygens (including phenoxy) is 1. The van der Waals surface area contributed by atoms with Gasteiger partial charge in [0.1, 0.15) is 5.75 Å². The summed E-state index contributed by atoms with van der Waals surface area (Å²) in [5.41, 5.74) is 1.64. The molecule has 1 atom stereocenters. The van der Waals surface area contributed by atoms with E-state index in [1.807, 2.05) is 30.3 Å². The number of aromatic nitrogens is 2. The SMILES string of the molecule is CC(O)c1ccnc(Oc2ccc3cccnc3c2)c1. The minimum atomic E-state index is -0.543.